The Morgan fingerprint density at radius 3 is 2.42 bits per heavy atom. The van der Waals surface area contributed by atoms with E-state index in [9.17, 15) is 4.79 Å². The molecule has 0 bridgehead atoms. The van der Waals surface area contributed by atoms with Crippen molar-refractivity contribution in [1.29, 1.82) is 0 Å². The molecule has 0 unspecified atom stereocenters. The zero-order valence-corrected chi connectivity index (χ0v) is 17.8. The molecule has 2 aromatic carbocycles. The molecular formula is C22H23ClN6O2. The fourth-order valence-corrected chi connectivity index (χ4v) is 3.36. The normalized spacial score (nSPS) is 13.5. The molecule has 31 heavy (non-hydrogen) atoms. The molecular weight excluding hydrogens is 416 g/mol. The summed E-state index contributed by atoms with van der Waals surface area (Å²) in [6.45, 7) is 4.86. The summed E-state index contributed by atoms with van der Waals surface area (Å²) in [7, 11) is 0. The van der Waals surface area contributed by atoms with Crippen molar-refractivity contribution >= 4 is 46.5 Å². The number of aromatic nitrogens is 2. The first-order valence-corrected chi connectivity index (χ1v) is 10.3. The Hall–Kier alpha value is -3.36. The monoisotopic (exact) mass is 438 g/mol. The number of carbonyl (C=O) groups is 1. The van der Waals surface area contributed by atoms with Crippen LogP contribution >= 0.6 is 11.6 Å². The maximum absolute atomic E-state index is 12.2. The number of hydrogen-bond acceptors (Lipinski definition) is 6. The summed E-state index contributed by atoms with van der Waals surface area (Å²) in [4.78, 5) is 23.5. The molecule has 0 spiro atoms. The number of nitrogens with zero attached hydrogens (tertiary/aromatic N) is 3. The molecule has 0 saturated carbocycles. The zero-order chi connectivity index (χ0) is 21.6. The van der Waals surface area contributed by atoms with Crippen LogP contribution < -0.4 is 20.9 Å². The molecule has 160 valence electrons. The Morgan fingerprint density at radius 1 is 0.968 bits per heavy atom. The Labute approximate surface area is 185 Å². The first kappa shape index (κ1) is 20.9. The van der Waals surface area contributed by atoms with E-state index < -0.39 is 0 Å². The van der Waals surface area contributed by atoms with Crippen LogP contribution in [0.15, 0.2) is 54.6 Å². The number of nitrogens with one attached hydrogen (secondary N) is 3. The lowest BCUT2D eigenvalue weighted by molar-refractivity contribution is 0.122. The lowest BCUT2D eigenvalue weighted by Gasteiger charge is -2.27. The van der Waals surface area contributed by atoms with Crippen LogP contribution in [0, 0.1) is 6.92 Å². The second-order valence-electron chi connectivity index (χ2n) is 7.09. The average molecular weight is 439 g/mol. The van der Waals surface area contributed by atoms with Crippen LogP contribution in [-0.2, 0) is 4.74 Å². The minimum atomic E-state index is -0.343. The number of urea groups is 1. The summed E-state index contributed by atoms with van der Waals surface area (Å²) in [5.74, 6) is 1.41. The summed E-state index contributed by atoms with van der Waals surface area (Å²) >= 11 is 5.94. The molecule has 1 saturated heterocycles. The number of amides is 2. The summed E-state index contributed by atoms with van der Waals surface area (Å²) in [5, 5.41) is 9.40. The van der Waals surface area contributed by atoms with Gasteiger partial charge in [0.2, 0.25) is 5.95 Å². The van der Waals surface area contributed by atoms with Gasteiger partial charge in [0.25, 0.3) is 0 Å². The molecule has 3 aromatic rings. The summed E-state index contributed by atoms with van der Waals surface area (Å²) < 4.78 is 5.40. The molecule has 0 atom stereocenters. The van der Waals surface area contributed by atoms with Crippen LogP contribution in [0.2, 0.25) is 5.02 Å². The quantitative estimate of drug-likeness (QED) is 0.536. The Bertz CT molecular complexity index is 1050. The topological polar surface area (TPSA) is 91.4 Å². The second-order valence-corrected chi connectivity index (χ2v) is 7.52. The molecule has 1 fully saturated rings. The van der Waals surface area contributed by atoms with Crippen LogP contribution in [0.5, 0.6) is 0 Å². The van der Waals surface area contributed by atoms with E-state index in [-0.39, 0.29) is 6.03 Å². The van der Waals surface area contributed by atoms with Crippen molar-refractivity contribution < 1.29 is 9.53 Å². The van der Waals surface area contributed by atoms with Crippen molar-refractivity contribution in [2.45, 2.75) is 6.92 Å². The van der Waals surface area contributed by atoms with Crippen molar-refractivity contribution in [2.24, 2.45) is 0 Å². The van der Waals surface area contributed by atoms with Crippen molar-refractivity contribution in [3.8, 4) is 0 Å². The SMILES string of the molecule is Cc1cc(Nc2ccc(NC(=O)Nc3cccc(Cl)c3)cc2)nc(N2CCOCC2)n1. The van der Waals surface area contributed by atoms with Crippen molar-refractivity contribution in [2.75, 3.05) is 47.2 Å². The number of halogens is 1. The Morgan fingerprint density at radius 2 is 1.68 bits per heavy atom. The van der Waals surface area contributed by atoms with Gasteiger partial charge in [-0.25, -0.2) is 9.78 Å². The number of anilines is 5. The van der Waals surface area contributed by atoms with Gasteiger partial charge in [0.15, 0.2) is 0 Å². The van der Waals surface area contributed by atoms with Crippen molar-refractivity contribution in [3.05, 3.63) is 65.3 Å². The molecule has 2 amide bonds. The standard InChI is InChI=1S/C22H23ClN6O2/c1-15-13-20(28-21(24-15)29-9-11-31-12-10-29)25-17-5-7-18(8-6-17)26-22(30)27-19-4-2-3-16(23)14-19/h2-8,13-14H,9-12H2,1H3,(H,24,25,28)(H2,26,27,30). The van der Waals surface area contributed by atoms with Crippen molar-refractivity contribution in [3.63, 3.8) is 0 Å². The van der Waals surface area contributed by atoms with Gasteiger partial charge >= 0.3 is 6.03 Å². The molecule has 1 aliphatic heterocycles. The largest absolute Gasteiger partial charge is 0.378 e. The average Bonchev–Trinajstić information content (AvgIpc) is 2.75. The maximum Gasteiger partial charge on any atom is 0.323 e. The second kappa shape index (κ2) is 9.63. The third-order valence-corrected chi connectivity index (χ3v) is 4.87. The number of aryl methyl sites for hydroxylation is 1. The molecule has 9 heteroatoms. The highest BCUT2D eigenvalue weighted by Crippen LogP contribution is 2.21. The first-order chi connectivity index (χ1) is 15.0. The van der Waals surface area contributed by atoms with Gasteiger partial charge < -0.3 is 25.6 Å². The molecule has 2 heterocycles. The van der Waals surface area contributed by atoms with Gasteiger partial charge in [-0.3, -0.25) is 0 Å². The zero-order valence-electron chi connectivity index (χ0n) is 17.1. The van der Waals surface area contributed by atoms with E-state index in [2.05, 4.69) is 30.8 Å². The third kappa shape index (κ3) is 5.84. The van der Waals surface area contributed by atoms with Crippen LogP contribution in [0.1, 0.15) is 5.69 Å². The Kier molecular flexibility index (Phi) is 6.49. The van der Waals surface area contributed by atoms with E-state index in [4.69, 9.17) is 16.3 Å². The van der Waals surface area contributed by atoms with E-state index in [1.807, 2.05) is 37.3 Å². The van der Waals surface area contributed by atoms with Gasteiger partial charge in [-0.15, -0.1) is 0 Å². The predicted molar refractivity (Wildman–Crippen MR) is 124 cm³/mol. The smallest absolute Gasteiger partial charge is 0.323 e. The highest BCUT2D eigenvalue weighted by atomic mass is 35.5. The molecule has 3 N–H and O–H groups in total. The predicted octanol–water partition coefficient (Wildman–Crippen LogP) is 4.66. The molecule has 0 aliphatic carbocycles. The number of morpholine rings is 1. The van der Waals surface area contributed by atoms with E-state index in [0.29, 0.717) is 41.4 Å². The van der Waals surface area contributed by atoms with Gasteiger partial charge in [-0.2, -0.15) is 4.98 Å². The van der Waals surface area contributed by atoms with Crippen LogP contribution in [0.4, 0.5) is 33.6 Å². The summed E-state index contributed by atoms with van der Waals surface area (Å²) in [6, 6.07) is 15.9. The number of hydrogen-bond donors (Lipinski definition) is 3. The van der Waals surface area contributed by atoms with Gasteiger partial charge in [-0.1, -0.05) is 17.7 Å². The van der Waals surface area contributed by atoms with Crippen LogP contribution in [0.25, 0.3) is 0 Å². The number of ether oxygens (including phenoxy) is 1. The molecule has 1 aromatic heterocycles. The van der Waals surface area contributed by atoms with Gasteiger partial charge in [-0.05, 0) is 49.4 Å². The lowest BCUT2D eigenvalue weighted by Crippen LogP contribution is -2.37. The molecule has 8 nitrogen and oxygen atoms in total. The van der Waals surface area contributed by atoms with E-state index in [0.717, 1.165) is 24.5 Å². The van der Waals surface area contributed by atoms with Crippen molar-refractivity contribution in [1.82, 2.24) is 9.97 Å². The Balaban J connectivity index is 1.38. The minimum absolute atomic E-state index is 0.343. The fourth-order valence-electron chi connectivity index (χ4n) is 3.17. The summed E-state index contributed by atoms with van der Waals surface area (Å²) in [5.41, 5.74) is 3.03. The van der Waals surface area contributed by atoms with E-state index in [1.165, 1.54) is 0 Å². The van der Waals surface area contributed by atoms with E-state index in [1.54, 1.807) is 24.3 Å². The number of carbonyl (C=O) groups excluding carboxylic acids is 1. The highest BCUT2D eigenvalue weighted by Gasteiger charge is 2.15. The molecule has 1 aliphatic rings. The maximum atomic E-state index is 12.2. The number of rotatable bonds is 5. The van der Waals surface area contributed by atoms with E-state index >= 15 is 0 Å². The highest BCUT2D eigenvalue weighted by molar-refractivity contribution is 6.30. The molecule has 4 rings (SSSR count). The molecule has 0 radical (unpaired) electrons. The third-order valence-electron chi connectivity index (χ3n) is 4.63. The van der Waals surface area contributed by atoms with Gasteiger partial charge in [0.1, 0.15) is 5.82 Å². The van der Waals surface area contributed by atoms with Crippen LogP contribution in [0.3, 0.4) is 0 Å². The first-order valence-electron chi connectivity index (χ1n) is 9.94. The van der Waals surface area contributed by atoms with Gasteiger partial charge in [0, 0.05) is 46.9 Å². The minimum Gasteiger partial charge on any atom is -0.378 e. The summed E-state index contributed by atoms with van der Waals surface area (Å²) in [6.07, 6.45) is 0. The number of benzene rings is 2. The van der Waals surface area contributed by atoms with Gasteiger partial charge in [0.05, 0.1) is 13.2 Å². The van der Waals surface area contributed by atoms with Crippen LogP contribution in [-0.4, -0.2) is 42.3 Å². The fraction of sp³-hybridized carbons (Fsp3) is 0.227. The lowest BCUT2D eigenvalue weighted by atomic mass is 10.2.